The second-order valence-corrected chi connectivity index (χ2v) is 15.5. The van der Waals surface area contributed by atoms with Crippen LogP contribution in [0.15, 0.2) is 60.7 Å². The van der Waals surface area contributed by atoms with Crippen LogP contribution in [0.2, 0.25) is 5.04 Å². The highest BCUT2D eigenvalue weighted by Crippen LogP contribution is 2.43. The molecule has 2 aliphatic heterocycles. The molecule has 37 heavy (non-hydrogen) atoms. The van der Waals surface area contributed by atoms with Crippen molar-refractivity contribution in [1.82, 2.24) is 0 Å². The van der Waals surface area contributed by atoms with Gasteiger partial charge in [0.05, 0.1) is 19.3 Å². The van der Waals surface area contributed by atoms with Crippen molar-refractivity contribution in [3.05, 3.63) is 60.7 Å². The van der Waals surface area contributed by atoms with E-state index in [1.54, 1.807) is 6.92 Å². The van der Waals surface area contributed by atoms with Crippen LogP contribution >= 0.6 is 0 Å². The van der Waals surface area contributed by atoms with Gasteiger partial charge in [0, 0.05) is 13.5 Å². The smallest absolute Gasteiger partial charge is 0.366 e. The number of hydrogen-bond acceptors (Lipinski definition) is 7. The average Bonchev–Trinajstić information content (AvgIpc) is 3.24. The average molecular weight is 529 g/mol. The maximum atomic E-state index is 12.8. The highest BCUT2D eigenvalue weighted by molar-refractivity contribution is 6.99. The van der Waals surface area contributed by atoms with Crippen LogP contribution in [-0.2, 0) is 32.9 Å². The summed E-state index contributed by atoms with van der Waals surface area (Å²) in [6, 6.07) is 20.9. The molecule has 0 aliphatic carbocycles. The molecule has 2 aliphatic rings. The van der Waals surface area contributed by atoms with Gasteiger partial charge in [0.1, 0.15) is 12.2 Å². The molecular weight excluding hydrogens is 488 g/mol. The minimum atomic E-state index is -2.80. The summed E-state index contributed by atoms with van der Waals surface area (Å²) in [4.78, 5) is 12.8. The summed E-state index contributed by atoms with van der Waals surface area (Å²) in [6.45, 7) is 12.7. The molecule has 4 rings (SSSR count). The highest BCUT2D eigenvalue weighted by Gasteiger charge is 2.61. The number of fused-ring (bicyclic) bond motifs is 1. The Morgan fingerprint density at radius 3 is 2.03 bits per heavy atom. The van der Waals surface area contributed by atoms with Crippen molar-refractivity contribution in [3.8, 4) is 0 Å². The Morgan fingerprint density at radius 2 is 1.54 bits per heavy atom. The third-order valence-corrected chi connectivity index (χ3v) is 12.2. The van der Waals surface area contributed by atoms with Gasteiger partial charge in [-0.3, -0.25) is 0 Å². The van der Waals surface area contributed by atoms with Crippen molar-refractivity contribution in [1.29, 1.82) is 0 Å². The monoisotopic (exact) mass is 528 g/mol. The van der Waals surface area contributed by atoms with E-state index in [9.17, 15) is 4.79 Å². The molecule has 0 spiro atoms. The zero-order chi connectivity index (χ0) is 26.9. The fraction of sp³-hybridized carbons (Fsp3) is 0.552. The van der Waals surface area contributed by atoms with E-state index in [1.165, 1.54) is 17.5 Å². The first-order valence-corrected chi connectivity index (χ1v) is 14.9. The van der Waals surface area contributed by atoms with Crippen molar-refractivity contribution in [2.45, 2.75) is 82.9 Å². The maximum Gasteiger partial charge on any atom is 0.366 e. The standard InChI is InChI=1S/C29H40O7Si/c1-8-32-26(30)29(31-7)19-23-25(36-29)24(35-28(5,6)34-23)20-33-37(27(2,3)4,21-15-11-9-12-16-21)22-17-13-10-14-18-22/h9-18,23-25H,8,19-20H2,1-7H3/t23-,24+,25+,29-/m1/s1. The number of esters is 1. The lowest BCUT2D eigenvalue weighted by Gasteiger charge is -2.46. The van der Waals surface area contributed by atoms with E-state index in [1.807, 2.05) is 26.0 Å². The highest BCUT2D eigenvalue weighted by atomic mass is 28.4. The molecule has 0 aromatic heterocycles. The van der Waals surface area contributed by atoms with Gasteiger partial charge in [-0.2, -0.15) is 0 Å². The van der Waals surface area contributed by atoms with E-state index in [4.69, 9.17) is 28.1 Å². The normalized spacial score (nSPS) is 27.5. The summed E-state index contributed by atoms with van der Waals surface area (Å²) < 4.78 is 36.9. The Labute approximate surface area is 221 Å². The summed E-state index contributed by atoms with van der Waals surface area (Å²) in [5.74, 6) is -2.98. The number of hydrogen-bond donors (Lipinski definition) is 0. The molecule has 4 atom stereocenters. The van der Waals surface area contributed by atoms with Crippen LogP contribution in [0.1, 0.15) is 48.0 Å². The Hall–Kier alpha value is -2.07. The second-order valence-electron chi connectivity index (χ2n) is 11.2. The number of carbonyl (C=O) groups excluding carboxylic acids is 1. The molecular formula is C29H40O7Si. The van der Waals surface area contributed by atoms with Crippen LogP contribution in [-0.4, -0.2) is 64.5 Å². The van der Waals surface area contributed by atoms with Crippen molar-refractivity contribution in [2.75, 3.05) is 20.3 Å². The largest absolute Gasteiger partial charge is 0.462 e. The Balaban J connectivity index is 1.71. The fourth-order valence-corrected chi connectivity index (χ4v) is 10.2. The van der Waals surface area contributed by atoms with Crippen LogP contribution in [0.4, 0.5) is 0 Å². The quantitative estimate of drug-likeness (QED) is 0.381. The van der Waals surface area contributed by atoms with Gasteiger partial charge in [0.15, 0.2) is 5.79 Å². The molecule has 0 amide bonds. The van der Waals surface area contributed by atoms with Gasteiger partial charge < -0.3 is 28.1 Å². The van der Waals surface area contributed by atoms with Gasteiger partial charge in [-0.25, -0.2) is 4.79 Å². The number of ether oxygens (including phenoxy) is 5. The predicted molar refractivity (Wildman–Crippen MR) is 143 cm³/mol. The Kier molecular flexibility index (Phi) is 8.00. The van der Waals surface area contributed by atoms with Crippen LogP contribution in [0.3, 0.4) is 0 Å². The number of methoxy groups -OCH3 is 1. The third-order valence-electron chi connectivity index (χ3n) is 7.20. The molecule has 2 heterocycles. The molecule has 0 saturated carbocycles. The van der Waals surface area contributed by atoms with E-state index >= 15 is 0 Å². The van der Waals surface area contributed by atoms with E-state index in [2.05, 4.69) is 69.3 Å². The van der Waals surface area contributed by atoms with E-state index in [-0.39, 0.29) is 24.7 Å². The SMILES string of the molecule is CCOC(=O)[C@@]1(OC)C[C@H]2OC(C)(C)O[C@@H](CO[Si](c3ccccc3)(c3ccccc3)C(C)(C)C)[C@H]2O1. The van der Waals surface area contributed by atoms with Gasteiger partial charge >= 0.3 is 5.97 Å². The molecule has 2 fully saturated rings. The van der Waals surface area contributed by atoms with Crippen molar-refractivity contribution in [3.63, 3.8) is 0 Å². The Morgan fingerprint density at radius 1 is 0.973 bits per heavy atom. The molecule has 0 bridgehead atoms. The maximum absolute atomic E-state index is 12.8. The topological polar surface area (TPSA) is 72.5 Å². The van der Waals surface area contributed by atoms with Gasteiger partial charge in [0.25, 0.3) is 14.1 Å². The van der Waals surface area contributed by atoms with Crippen LogP contribution < -0.4 is 10.4 Å². The lowest BCUT2D eigenvalue weighted by molar-refractivity contribution is -0.332. The predicted octanol–water partition coefficient (Wildman–Crippen LogP) is 3.78. The zero-order valence-corrected chi connectivity index (χ0v) is 24.0. The van der Waals surface area contributed by atoms with Crippen LogP contribution in [0.25, 0.3) is 0 Å². The van der Waals surface area contributed by atoms with Crippen LogP contribution in [0, 0.1) is 0 Å². The molecule has 8 heteroatoms. The lowest BCUT2D eigenvalue weighted by atomic mass is 10.0. The van der Waals surface area contributed by atoms with E-state index in [0.29, 0.717) is 0 Å². The summed E-state index contributed by atoms with van der Waals surface area (Å²) in [5.41, 5.74) is 0. The zero-order valence-electron chi connectivity index (χ0n) is 23.0. The first-order chi connectivity index (χ1) is 17.5. The molecule has 0 radical (unpaired) electrons. The molecule has 0 unspecified atom stereocenters. The molecule has 0 N–H and O–H groups in total. The van der Waals surface area contributed by atoms with E-state index in [0.717, 1.165) is 0 Å². The number of benzene rings is 2. The summed E-state index contributed by atoms with van der Waals surface area (Å²) >= 11 is 0. The number of rotatable bonds is 8. The first-order valence-electron chi connectivity index (χ1n) is 13.0. The van der Waals surface area contributed by atoms with Crippen molar-refractivity contribution in [2.24, 2.45) is 0 Å². The van der Waals surface area contributed by atoms with Gasteiger partial charge in [-0.1, -0.05) is 81.4 Å². The summed E-state index contributed by atoms with van der Waals surface area (Å²) in [6.07, 6.45) is -1.24. The third kappa shape index (κ3) is 5.28. The van der Waals surface area contributed by atoms with Crippen molar-refractivity contribution < 1.29 is 32.9 Å². The van der Waals surface area contributed by atoms with E-state index < -0.39 is 44.2 Å². The molecule has 2 aromatic carbocycles. The molecule has 2 aromatic rings. The van der Waals surface area contributed by atoms with Gasteiger partial charge in [-0.05, 0) is 36.2 Å². The molecule has 202 valence electrons. The minimum absolute atomic E-state index is 0.187. The number of carbonyl (C=O) groups is 1. The summed E-state index contributed by atoms with van der Waals surface area (Å²) in [5, 5.41) is 2.18. The van der Waals surface area contributed by atoms with Gasteiger partial charge in [0.2, 0.25) is 0 Å². The second kappa shape index (κ2) is 10.6. The van der Waals surface area contributed by atoms with Gasteiger partial charge in [-0.15, -0.1) is 0 Å². The molecule has 7 nitrogen and oxygen atoms in total. The fourth-order valence-electron chi connectivity index (χ4n) is 5.66. The van der Waals surface area contributed by atoms with Crippen molar-refractivity contribution >= 4 is 24.7 Å². The Bertz CT molecular complexity index is 1010. The molecule has 2 saturated heterocycles. The summed E-state index contributed by atoms with van der Waals surface area (Å²) in [7, 11) is -1.35. The van der Waals surface area contributed by atoms with Crippen LogP contribution in [0.5, 0.6) is 0 Å². The first kappa shape index (κ1) is 27.9. The lowest BCUT2D eigenvalue weighted by Crippen LogP contribution is -2.68. The minimum Gasteiger partial charge on any atom is -0.462 e.